The molecule has 0 bridgehead atoms. The first-order valence-electron chi connectivity index (χ1n) is 7.91. The molecule has 0 aromatic carbocycles. The summed E-state index contributed by atoms with van der Waals surface area (Å²) < 4.78 is 1.63. The maximum atomic E-state index is 12.3. The zero-order chi connectivity index (χ0) is 15.1. The predicted molar refractivity (Wildman–Crippen MR) is 80.6 cm³/mol. The molecule has 2 aromatic rings. The Kier molecular flexibility index (Phi) is 3.29. The highest BCUT2D eigenvalue weighted by Crippen LogP contribution is 2.31. The minimum absolute atomic E-state index is 0.178. The van der Waals surface area contributed by atoms with Crippen LogP contribution in [0.4, 0.5) is 0 Å². The third-order valence-corrected chi connectivity index (χ3v) is 4.55. The lowest BCUT2D eigenvalue weighted by Crippen LogP contribution is -2.32. The first-order valence-corrected chi connectivity index (χ1v) is 7.91. The minimum Gasteiger partial charge on any atom is -0.349 e. The maximum Gasteiger partial charge on any atom is 0.289 e. The van der Waals surface area contributed by atoms with Gasteiger partial charge in [0.2, 0.25) is 5.82 Å². The van der Waals surface area contributed by atoms with Gasteiger partial charge in [-0.1, -0.05) is 0 Å². The Morgan fingerprint density at radius 1 is 1.36 bits per heavy atom. The van der Waals surface area contributed by atoms with E-state index in [1.165, 1.54) is 19.4 Å². The maximum absolute atomic E-state index is 12.3. The van der Waals surface area contributed by atoms with Gasteiger partial charge in [-0.3, -0.25) is 9.20 Å². The number of carbonyl (C=O) groups excluding carboxylic acids is 1. The van der Waals surface area contributed by atoms with Gasteiger partial charge < -0.3 is 10.2 Å². The van der Waals surface area contributed by atoms with E-state index in [4.69, 9.17) is 0 Å². The Balaban J connectivity index is 1.39. The number of hydrogen-bond acceptors (Lipinski definition) is 5. The third-order valence-electron chi connectivity index (χ3n) is 4.55. The first kappa shape index (κ1) is 13.6. The van der Waals surface area contributed by atoms with Crippen LogP contribution < -0.4 is 5.32 Å². The van der Waals surface area contributed by atoms with Crippen LogP contribution >= 0.6 is 0 Å². The summed E-state index contributed by atoms with van der Waals surface area (Å²) >= 11 is 0. The summed E-state index contributed by atoms with van der Waals surface area (Å²) in [6, 6.07) is 2.66. The molecule has 1 saturated heterocycles. The second-order valence-electron chi connectivity index (χ2n) is 6.35. The average Bonchev–Trinajstić information content (AvgIpc) is 3.10. The number of hydrogen-bond donors (Lipinski definition) is 1. The van der Waals surface area contributed by atoms with E-state index in [1.54, 1.807) is 10.6 Å². The molecule has 2 aliphatic rings. The van der Waals surface area contributed by atoms with Crippen molar-refractivity contribution in [2.24, 2.45) is 5.92 Å². The van der Waals surface area contributed by atoms with Gasteiger partial charge in [-0.05, 0) is 44.7 Å². The Hall–Kier alpha value is -2.02. The van der Waals surface area contributed by atoms with E-state index < -0.39 is 0 Å². The van der Waals surface area contributed by atoms with E-state index >= 15 is 0 Å². The number of aryl methyl sites for hydroxylation is 1. The van der Waals surface area contributed by atoms with Crippen molar-refractivity contribution < 1.29 is 4.79 Å². The summed E-state index contributed by atoms with van der Waals surface area (Å²) in [5.74, 6) is 1.14. The number of nitrogens with zero attached hydrogens (tertiary/aromatic N) is 5. The number of rotatable bonds is 4. The molecule has 116 valence electrons. The normalized spacial score (nSPS) is 22.3. The standard InChI is InChI=1S/C15H20N6O/c1-10-4-7-21-13(18-19-15(21)17-10)14(22)16-8-11-5-6-20(9-11)12-2-3-12/h4,7,11-12H,2-3,5-6,8-9H2,1H3,(H,16,22). The van der Waals surface area contributed by atoms with Crippen molar-refractivity contribution >= 4 is 11.7 Å². The lowest BCUT2D eigenvalue weighted by atomic mass is 10.1. The van der Waals surface area contributed by atoms with Crippen LogP contribution in [-0.2, 0) is 0 Å². The highest BCUT2D eigenvalue weighted by Gasteiger charge is 2.34. The summed E-state index contributed by atoms with van der Waals surface area (Å²) in [6.07, 6.45) is 5.64. The second kappa shape index (κ2) is 5.31. The van der Waals surface area contributed by atoms with Crippen LogP contribution in [0.2, 0.25) is 0 Å². The Bertz CT molecular complexity index is 707. The van der Waals surface area contributed by atoms with Crippen molar-refractivity contribution in [3.8, 4) is 0 Å². The molecule has 22 heavy (non-hydrogen) atoms. The van der Waals surface area contributed by atoms with Crippen molar-refractivity contribution in [3.63, 3.8) is 0 Å². The molecule has 0 radical (unpaired) electrons. The summed E-state index contributed by atoms with van der Waals surface area (Å²) in [6.45, 7) is 4.87. The van der Waals surface area contributed by atoms with Gasteiger partial charge >= 0.3 is 0 Å². The van der Waals surface area contributed by atoms with Crippen molar-refractivity contribution in [1.82, 2.24) is 29.8 Å². The molecule has 1 aliphatic heterocycles. The van der Waals surface area contributed by atoms with Gasteiger partial charge in [0, 0.05) is 31.0 Å². The zero-order valence-electron chi connectivity index (χ0n) is 12.7. The van der Waals surface area contributed by atoms with Crippen molar-refractivity contribution in [1.29, 1.82) is 0 Å². The highest BCUT2D eigenvalue weighted by molar-refractivity contribution is 5.91. The second-order valence-corrected chi connectivity index (χ2v) is 6.35. The van der Waals surface area contributed by atoms with Crippen LogP contribution in [0.1, 0.15) is 35.6 Å². The molecule has 2 aromatic heterocycles. The molecular weight excluding hydrogens is 280 g/mol. The topological polar surface area (TPSA) is 75.4 Å². The smallest absolute Gasteiger partial charge is 0.289 e. The number of amides is 1. The fraction of sp³-hybridized carbons (Fsp3) is 0.600. The molecular formula is C15H20N6O. The minimum atomic E-state index is -0.178. The molecule has 1 saturated carbocycles. The highest BCUT2D eigenvalue weighted by atomic mass is 16.2. The van der Waals surface area contributed by atoms with Crippen LogP contribution in [0.3, 0.4) is 0 Å². The van der Waals surface area contributed by atoms with Gasteiger partial charge in [-0.2, -0.15) is 0 Å². The lowest BCUT2D eigenvalue weighted by Gasteiger charge is -2.14. The van der Waals surface area contributed by atoms with Crippen LogP contribution in [-0.4, -0.2) is 56.1 Å². The van der Waals surface area contributed by atoms with E-state index in [1.807, 2.05) is 13.0 Å². The quantitative estimate of drug-likeness (QED) is 0.897. The molecule has 3 heterocycles. The van der Waals surface area contributed by atoms with E-state index in [-0.39, 0.29) is 5.91 Å². The number of carbonyl (C=O) groups is 1. The molecule has 7 heteroatoms. The molecule has 4 rings (SSSR count). The summed E-state index contributed by atoms with van der Waals surface area (Å²) in [7, 11) is 0. The SMILES string of the molecule is Cc1ccn2c(C(=O)NCC3CCN(C4CC4)C3)nnc2n1. The first-order chi connectivity index (χ1) is 10.7. The van der Waals surface area contributed by atoms with Gasteiger partial charge in [-0.25, -0.2) is 4.98 Å². The number of nitrogens with one attached hydrogen (secondary N) is 1. The van der Waals surface area contributed by atoms with Crippen LogP contribution in [0, 0.1) is 12.8 Å². The van der Waals surface area contributed by atoms with E-state index in [2.05, 4.69) is 25.4 Å². The molecule has 1 unspecified atom stereocenters. The monoisotopic (exact) mass is 300 g/mol. The van der Waals surface area contributed by atoms with Crippen molar-refractivity contribution in [2.75, 3.05) is 19.6 Å². The van der Waals surface area contributed by atoms with Crippen LogP contribution in [0.15, 0.2) is 12.3 Å². The van der Waals surface area contributed by atoms with E-state index in [0.717, 1.165) is 24.7 Å². The van der Waals surface area contributed by atoms with Gasteiger partial charge in [0.25, 0.3) is 11.7 Å². The van der Waals surface area contributed by atoms with Crippen LogP contribution in [0.25, 0.3) is 5.78 Å². The summed E-state index contributed by atoms with van der Waals surface area (Å²) in [5.41, 5.74) is 0.859. The molecule has 7 nitrogen and oxygen atoms in total. The van der Waals surface area contributed by atoms with Gasteiger partial charge in [0.1, 0.15) is 0 Å². The average molecular weight is 300 g/mol. The summed E-state index contributed by atoms with van der Waals surface area (Å²) in [4.78, 5) is 19.1. The largest absolute Gasteiger partial charge is 0.349 e. The Morgan fingerprint density at radius 3 is 3.05 bits per heavy atom. The fourth-order valence-electron chi connectivity index (χ4n) is 3.15. The molecule has 1 aliphatic carbocycles. The van der Waals surface area contributed by atoms with Gasteiger partial charge in [0.15, 0.2) is 0 Å². The molecule has 2 fully saturated rings. The molecule has 1 N–H and O–H groups in total. The number of fused-ring (bicyclic) bond motifs is 1. The van der Waals surface area contributed by atoms with Gasteiger partial charge in [0.05, 0.1) is 0 Å². The molecule has 0 spiro atoms. The predicted octanol–water partition coefficient (Wildman–Crippen LogP) is 0.647. The van der Waals surface area contributed by atoms with Gasteiger partial charge in [-0.15, -0.1) is 10.2 Å². The lowest BCUT2D eigenvalue weighted by molar-refractivity contribution is 0.0935. The summed E-state index contributed by atoms with van der Waals surface area (Å²) in [5, 5.41) is 10.9. The fourth-order valence-corrected chi connectivity index (χ4v) is 3.15. The van der Waals surface area contributed by atoms with Crippen molar-refractivity contribution in [3.05, 3.63) is 23.8 Å². The third kappa shape index (κ3) is 2.56. The zero-order valence-corrected chi connectivity index (χ0v) is 12.7. The number of likely N-dealkylation sites (tertiary alicyclic amines) is 1. The Labute approximate surface area is 128 Å². The Morgan fingerprint density at radius 2 is 2.23 bits per heavy atom. The van der Waals surface area contributed by atoms with Crippen LogP contribution in [0.5, 0.6) is 0 Å². The van der Waals surface area contributed by atoms with E-state index in [9.17, 15) is 4.79 Å². The number of aromatic nitrogens is 4. The molecule has 1 atom stereocenters. The van der Waals surface area contributed by atoms with E-state index in [0.29, 0.717) is 24.1 Å². The molecule has 1 amide bonds. The van der Waals surface area contributed by atoms with Crippen molar-refractivity contribution in [2.45, 2.75) is 32.2 Å².